The molecule has 0 bridgehead atoms. The molecule has 1 aromatic rings. The SMILES string of the molecule is C=C(C)C[C@@H](N)c1ccc(CC)cc1.Cl. The highest BCUT2D eigenvalue weighted by molar-refractivity contribution is 5.85. The summed E-state index contributed by atoms with van der Waals surface area (Å²) in [5.41, 5.74) is 9.72. The molecule has 0 unspecified atom stereocenters. The molecule has 0 aliphatic heterocycles. The van der Waals surface area contributed by atoms with Crippen LogP contribution in [-0.4, -0.2) is 0 Å². The second kappa shape index (κ2) is 6.65. The summed E-state index contributed by atoms with van der Waals surface area (Å²) in [5, 5.41) is 0. The van der Waals surface area contributed by atoms with E-state index in [0.29, 0.717) is 0 Å². The molecule has 1 rings (SSSR count). The van der Waals surface area contributed by atoms with Gasteiger partial charge in [-0.25, -0.2) is 0 Å². The summed E-state index contributed by atoms with van der Waals surface area (Å²) < 4.78 is 0. The third kappa shape index (κ3) is 4.50. The molecule has 15 heavy (non-hydrogen) atoms. The summed E-state index contributed by atoms with van der Waals surface area (Å²) in [6.07, 6.45) is 1.95. The van der Waals surface area contributed by atoms with Crippen molar-refractivity contribution in [3.63, 3.8) is 0 Å². The second-order valence-corrected chi connectivity index (χ2v) is 3.86. The van der Waals surface area contributed by atoms with Crippen molar-refractivity contribution in [3.05, 3.63) is 47.5 Å². The lowest BCUT2D eigenvalue weighted by atomic mass is 10.00. The van der Waals surface area contributed by atoms with Crippen molar-refractivity contribution < 1.29 is 0 Å². The van der Waals surface area contributed by atoms with Crippen LogP contribution in [0.2, 0.25) is 0 Å². The highest BCUT2D eigenvalue weighted by Gasteiger charge is 2.05. The zero-order valence-electron chi connectivity index (χ0n) is 9.49. The summed E-state index contributed by atoms with van der Waals surface area (Å²) in [6.45, 7) is 8.04. The number of nitrogens with two attached hydrogens (primary N) is 1. The Balaban J connectivity index is 0.00000196. The van der Waals surface area contributed by atoms with E-state index in [1.807, 2.05) is 6.92 Å². The molecule has 84 valence electrons. The summed E-state index contributed by atoms with van der Waals surface area (Å²) in [5.74, 6) is 0. The summed E-state index contributed by atoms with van der Waals surface area (Å²) in [7, 11) is 0. The number of hydrogen-bond acceptors (Lipinski definition) is 1. The lowest BCUT2D eigenvalue weighted by Gasteiger charge is -2.12. The van der Waals surface area contributed by atoms with Gasteiger partial charge in [-0.1, -0.05) is 36.8 Å². The van der Waals surface area contributed by atoms with Crippen LogP contribution < -0.4 is 5.73 Å². The van der Waals surface area contributed by atoms with Crippen LogP contribution >= 0.6 is 12.4 Å². The molecule has 2 heteroatoms. The molecule has 0 aliphatic carbocycles. The average Bonchev–Trinajstić information content (AvgIpc) is 2.17. The van der Waals surface area contributed by atoms with Gasteiger partial charge in [0.15, 0.2) is 0 Å². The molecule has 0 aromatic heterocycles. The first kappa shape index (κ1) is 14.2. The van der Waals surface area contributed by atoms with Gasteiger partial charge in [0.2, 0.25) is 0 Å². The molecule has 0 spiro atoms. The van der Waals surface area contributed by atoms with Gasteiger partial charge >= 0.3 is 0 Å². The van der Waals surface area contributed by atoms with Crippen LogP contribution in [0.3, 0.4) is 0 Å². The highest BCUT2D eigenvalue weighted by Crippen LogP contribution is 2.18. The molecule has 1 atom stereocenters. The summed E-state index contributed by atoms with van der Waals surface area (Å²) in [4.78, 5) is 0. The van der Waals surface area contributed by atoms with Crippen molar-refractivity contribution in [2.24, 2.45) is 5.73 Å². The van der Waals surface area contributed by atoms with E-state index in [-0.39, 0.29) is 18.4 Å². The smallest absolute Gasteiger partial charge is 0.0332 e. The third-order valence-electron chi connectivity index (χ3n) is 2.38. The number of aryl methyl sites for hydroxylation is 1. The van der Waals surface area contributed by atoms with E-state index in [0.717, 1.165) is 18.4 Å². The summed E-state index contributed by atoms with van der Waals surface area (Å²) >= 11 is 0. The van der Waals surface area contributed by atoms with Gasteiger partial charge in [-0.15, -0.1) is 19.0 Å². The molecule has 0 saturated heterocycles. The maximum atomic E-state index is 6.03. The van der Waals surface area contributed by atoms with Gasteiger partial charge in [0.1, 0.15) is 0 Å². The Morgan fingerprint density at radius 3 is 2.27 bits per heavy atom. The van der Waals surface area contributed by atoms with E-state index in [2.05, 4.69) is 37.8 Å². The third-order valence-corrected chi connectivity index (χ3v) is 2.38. The van der Waals surface area contributed by atoms with Crippen LogP contribution in [0.15, 0.2) is 36.4 Å². The van der Waals surface area contributed by atoms with Crippen molar-refractivity contribution in [1.29, 1.82) is 0 Å². The Kier molecular flexibility index (Phi) is 6.30. The first-order chi connectivity index (χ1) is 6.63. The Bertz CT molecular complexity index is 303. The number of benzene rings is 1. The number of halogens is 1. The Hall–Kier alpha value is -0.790. The van der Waals surface area contributed by atoms with Crippen LogP contribution in [0.5, 0.6) is 0 Å². The molecular formula is C13H20ClN. The molecule has 1 nitrogen and oxygen atoms in total. The fourth-order valence-corrected chi connectivity index (χ4v) is 1.49. The van der Waals surface area contributed by atoms with Crippen LogP contribution in [0.4, 0.5) is 0 Å². The van der Waals surface area contributed by atoms with Crippen LogP contribution in [0, 0.1) is 0 Å². The van der Waals surface area contributed by atoms with Crippen molar-refractivity contribution in [2.75, 3.05) is 0 Å². The standard InChI is InChI=1S/C13H19N.ClH/c1-4-11-5-7-12(8-6-11)13(14)9-10(2)3;/h5-8,13H,2,4,9,14H2,1,3H3;1H/t13-;/m1./s1. The second-order valence-electron chi connectivity index (χ2n) is 3.86. The van der Waals surface area contributed by atoms with E-state index >= 15 is 0 Å². The minimum Gasteiger partial charge on any atom is -0.324 e. The first-order valence-electron chi connectivity index (χ1n) is 5.12. The Morgan fingerprint density at radius 1 is 1.33 bits per heavy atom. The van der Waals surface area contributed by atoms with Crippen molar-refractivity contribution in [3.8, 4) is 0 Å². The van der Waals surface area contributed by atoms with Gasteiger partial charge in [0.25, 0.3) is 0 Å². The van der Waals surface area contributed by atoms with Crippen molar-refractivity contribution in [2.45, 2.75) is 32.7 Å². The first-order valence-corrected chi connectivity index (χ1v) is 5.12. The van der Waals surface area contributed by atoms with E-state index in [9.17, 15) is 0 Å². The molecule has 0 saturated carbocycles. The van der Waals surface area contributed by atoms with Crippen molar-refractivity contribution in [1.82, 2.24) is 0 Å². The zero-order chi connectivity index (χ0) is 10.6. The average molecular weight is 226 g/mol. The van der Waals surface area contributed by atoms with Gasteiger partial charge in [-0.05, 0) is 30.9 Å². The zero-order valence-corrected chi connectivity index (χ0v) is 10.3. The van der Waals surface area contributed by atoms with E-state index < -0.39 is 0 Å². The lowest BCUT2D eigenvalue weighted by molar-refractivity contribution is 0.717. The largest absolute Gasteiger partial charge is 0.324 e. The molecule has 0 aliphatic rings. The molecule has 0 fully saturated rings. The fourth-order valence-electron chi connectivity index (χ4n) is 1.49. The predicted molar refractivity (Wildman–Crippen MR) is 69.4 cm³/mol. The van der Waals surface area contributed by atoms with Gasteiger partial charge in [-0.2, -0.15) is 0 Å². The topological polar surface area (TPSA) is 26.0 Å². The predicted octanol–water partition coefficient (Wildman–Crippen LogP) is 3.64. The molecule has 2 N–H and O–H groups in total. The maximum Gasteiger partial charge on any atom is 0.0332 e. The molecular weight excluding hydrogens is 206 g/mol. The van der Waals surface area contributed by atoms with Gasteiger partial charge in [0, 0.05) is 6.04 Å². The number of rotatable bonds is 4. The van der Waals surface area contributed by atoms with Gasteiger partial charge in [-0.3, -0.25) is 0 Å². The number of hydrogen-bond donors (Lipinski definition) is 1. The van der Waals surface area contributed by atoms with Crippen molar-refractivity contribution >= 4 is 12.4 Å². The van der Waals surface area contributed by atoms with Crippen LogP contribution in [0.25, 0.3) is 0 Å². The van der Waals surface area contributed by atoms with Gasteiger partial charge in [0.05, 0.1) is 0 Å². The molecule has 0 radical (unpaired) electrons. The maximum absolute atomic E-state index is 6.03. The van der Waals surface area contributed by atoms with E-state index in [4.69, 9.17) is 5.73 Å². The monoisotopic (exact) mass is 225 g/mol. The van der Waals surface area contributed by atoms with Gasteiger partial charge < -0.3 is 5.73 Å². The van der Waals surface area contributed by atoms with Crippen LogP contribution in [-0.2, 0) is 6.42 Å². The van der Waals surface area contributed by atoms with E-state index in [1.165, 1.54) is 11.1 Å². The summed E-state index contributed by atoms with van der Waals surface area (Å²) in [6, 6.07) is 8.62. The van der Waals surface area contributed by atoms with E-state index in [1.54, 1.807) is 0 Å². The van der Waals surface area contributed by atoms with Crippen LogP contribution in [0.1, 0.15) is 37.4 Å². The normalized spacial score (nSPS) is 11.7. The molecule has 0 amide bonds. The minimum absolute atomic E-state index is 0. The minimum atomic E-state index is 0. The Labute approximate surface area is 98.8 Å². The lowest BCUT2D eigenvalue weighted by Crippen LogP contribution is -2.10. The molecule has 0 heterocycles. The quantitative estimate of drug-likeness (QED) is 0.778. The molecule has 1 aromatic carbocycles. The highest BCUT2D eigenvalue weighted by atomic mass is 35.5. The Morgan fingerprint density at radius 2 is 1.87 bits per heavy atom. The fraction of sp³-hybridized carbons (Fsp3) is 0.385.